The maximum atomic E-state index is 13.5. The van der Waals surface area contributed by atoms with E-state index in [1.165, 1.54) is 24.9 Å². The molecule has 36 heavy (non-hydrogen) atoms. The lowest BCUT2D eigenvalue weighted by molar-refractivity contribution is -0.129. The molecule has 2 heterocycles. The molecule has 0 aliphatic carbocycles. The van der Waals surface area contributed by atoms with Crippen molar-refractivity contribution >= 4 is 15.7 Å². The van der Waals surface area contributed by atoms with Gasteiger partial charge in [-0.2, -0.15) is 0 Å². The molecule has 3 rings (SSSR count). The number of pyridine rings is 2. The number of aryl methyl sites for hydroxylation is 1. The molecule has 10 heteroatoms. The van der Waals surface area contributed by atoms with Crippen molar-refractivity contribution in [2.24, 2.45) is 0 Å². The highest BCUT2D eigenvalue weighted by Crippen LogP contribution is 2.31. The first-order valence-corrected chi connectivity index (χ1v) is 13.3. The maximum absolute atomic E-state index is 13.5. The highest BCUT2D eigenvalue weighted by molar-refractivity contribution is 7.92. The fourth-order valence-electron chi connectivity index (χ4n) is 3.78. The van der Waals surface area contributed by atoms with Crippen molar-refractivity contribution in [1.82, 2.24) is 15.4 Å². The summed E-state index contributed by atoms with van der Waals surface area (Å²) in [5, 5.41) is 7.73. The summed E-state index contributed by atoms with van der Waals surface area (Å²) < 4.78 is 38.0. The van der Waals surface area contributed by atoms with Crippen LogP contribution in [-0.4, -0.2) is 48.5 Å². The van der Waals surface area contributed by atoms with E-state index in [4.69, 9.17) is 14.7 Å². The SMILES string of the molecule is COc1cnc(S(=O)(=O)C(CCCCc2ccccc2)CC(=O)NO)cc1OCCc1ccccn1. The van der Waals surface area contributed by atoms with E-state index < -0.39 is 21.0 Å². The second-order valence-corrected chi connectivity index (χ2v) is 10.4. The molecule has 1 unspecified atom stereocenters. The Hall–Kier alpha value is -3.50. The number of aromatic nitrogens is 2. The Bertz CT molecular complexity index is 1210. The maximum Gasteiger partial charge on any atom is 0.244 e. The van der Waals surface area contributed by atoms with Gasteiger partial charge >= 0.3 is 0 Å². The smallest absolute Gasteiger partial charge is 0.244 e. The summed E-state index contributed by atoms with van der Waals surface area (Å²) in [7, 11) is -2.56. The molecule has 2 aromatic heterocycles. The summed E-state index contributed by atoms with van der Waals surface area (Å²) in [6, 6.07) is 16.8. The van der Waals surface area contributed by atoms with Crippen LogP contribution in [0.25, 0.3) is 0 Å². The van der Waals surface area contributed by atoms with Crippen molar-refractivity contribution in [1.29, 1.82) is 0 Å². The summed E-state index contributed by atoms with van der Waals surface area (Å²) >= 11 is 0. The summed E-state index contributed by atoms with van der Waals surface area (Å²) in [6.07, 6.45) is 5.51. The van der Waals surface area contributed by atoms with Crippen molar-refractivity contribution in [3.05, 3.63) is 78.2 Å². The van der Waals surface area contributed by atoms with Gasteiger partial charge in [-0.3, -0.25) is 15.0 Å². The number of nitrogens with one attached hydrogen (secondary N) is 1. The van der Waals surface area contributed by atoms with Crippen LogP contribution in [0, 0.1) is 0 Å². The summed E-state index contributed by atoms with van der Waals surface area (Å²) in [4.78, 5) is 20.2. The van der Waals surface area contributed by atoms with Crippen molar-refractivity contribution in [3.8, 4) is 11.5 Å². The minimum Gasteiger partial charge on any atom is -0.491 e. The molecule has 0 aliphatic heterocycles. The van der Waals surface area contributed by atoms with Crippen LogP contribution in [0.3, 0.4) is 0 Å². The van der Waals surface area contributed by atoms with Gasteiger partial charge in [0, 0.05) is 30.8 Å². The Morgan fingerprint density at radius 3 is 2.50 bits per heavy atom. The van der Waals surface area contributed by atoms with E-state index in [1.54, 1.807) is 6.20 Å². The van der Waals surface area contributed by atoms with E-state index in [1.807, 2.05) is 48.5 Å². The third kappa shape index (κ3) is 7.76. The number of sulfone groups is 1. The summed E-state index contributed by atoms with van der Waals surface area (Å²) in [5.74, 6) is -0.245. The molecule has 192 valence electrons. The van der Waals surface area contributed by atoms with Crippen LogP contribution in [-0.2, 0) is 27.5 Å². The number of hydrogen-bond donors (Lipinski definition) is 2. The number of unbranched alkanes of at least 4 members (excludes halogenated alkanes) is 1. The van der Waals surface area contributed by atoms with Crippen molar-refractivity contribution in [3.63, 3.8) is 0 Å². The topological polar surface area (TPSA) is 128 Å². The van der Waals surface area contributed by atoms with Crippen LogP contribution in [0.15, 0.2) is 72.0 Å². The standard InChI is InChI=1S/C26H31N3O6S/c1-34-24-19-28-26(18-23(24)35-16-14-21-12-7-8-15-27-21)36(32,33)22(17-25(30)29-31)13-6-5-11-20-9-3-2-4-10-20/h2-4,7-10,12,15,18-19,22,31H,5-6,11,13-14,16-17H2,1H3,(H,29,30). The fraction of sp³-hybridized carbons (Fsp3) is 0.346. The number of amides is 1. The third-order valence-electron chi connectivity index (χ3n) is 5.72. The summed E-state index contributed by atoms with van der Waals surface area (Å²) in [5.41, 5.74) is 3.53. The van der Waals surface area contributed by atoms with Gasteiger partial charge in [-0.05, 0) is 37.0 Å². The molecule has 0 aliphatic rings. The lowest BCUT2D eigenvalue weighted by Crippen LogP contribution is -2.30. The molecule has 2 N–H and O–H groups in total. The van der Waals surface area contributed by atoms with Gasteiger partial charge in [0.1, 0.15) is 0 Å². The van der Waals surface area contributed by atoms with Crippen LogP contribution in [0.2, 0.25) is 0 Å². The lowest BCUT2D eigenvalue weighted by Gasteiger charge is -2.18. The lowest BCUT2D eigenvalue weighted by atomic mass is 10.1. The predicted molar refractivity (Wildman–Crippen MR) is 134 cm³/mol. The molecule has 0 radical (unpaired) electrons. The molecule has 1 atom stereocenters. The fourth-order valence-corrected chi connectivity index (χ4v) is 5.44. The first-order valence-electron chi connectivity index (χ1n) is 11.7. The van der Waals surface area contributed by atoms with Crippen LogP contribution in [0.4, 0.5) is 0 Å². The number of rotatable bonds is 14. The Morgan fingerprint density at radius 1 is 1.03 bits per heavy atom. The highest BCUT2D eigenvalue weighted by Gasteiger charge is 2.31. The van der Waals surface area contributed by atoms with Crippen molar-refractivity contribution in [2.75, 3.05) is 13.7 Å². The molecule has 1 aromatic carbocycles. The quantitative estimate of drug-likeness (QED) is 0.190. The molecule has 0 fully saturated rings. The number of carbonyl (C=O) groups excluding carboxylic acids is 1. The molecular formula is C26H31N3O6S. The van der Waals surface area contributed by atoms with Gasteiger partial charge < -0.3 is 9.47 Å². The van der Waals surface area contributed by atoms with E-state index in [2.05, 4.69) is 9.97 Å². The van der Waals surface area contributed by atoms with Gasteiger partial charge in [0.15, 0.2) is 26.4 Å². The number of carbonyl (C=O) groups is 1. The normalized spacial score (nSPS) is 12.1. The van der Waals surface area contributed by atoms with E-state index >= 15 is 0 Å². The Balaban J connectivity index is 1.72. The van der Waals surface area contributed by atoms with E-state index in [0.29, 0.717) is 18.6 Å². The number of hydroxylamine groups is 1. The average Bonchev–Trinajstić information content (AvgIpc) is 2.91. The summed E-state index contributed by atoms with van der Waals surface area (Å²) in [6.45, 7) is 0.257. The molecule has 0 saturated carbocycles. The van der Waals surface area contributed by atoms with E-state index in [9.17, 15) is 13.2 Å². The van der Waals surface area contributed by atoms with Gasteiger partial charge in [-0.1, -0.05) is 42.8 Å². The number of hydrogen-bond acceptors (Lipinski definition) is 8. The second-order valence-electron chi connectivity index (χ2n) is 8.23. The zero-order chi connectivity index (χ0) is 25.8. The number of ether oxygens (including phenoxy) is 2. The largest absolute Gasteiger partial charge is 0.491 e. The molecule has 9 nitrogen and oxygen atoms in total. The first kappa shape index (κ1) is 27.1. The zero-order valence-corrected chi connectivity index (χ0v) is 21.0. The predicted octanol–water partition coefficient (Wildman–Crippen LogP) is 3.56. The second kappa shape index (κ2) is 13.6. The molecule has 0 spiro atoms. The van der Waals surface area contributed by atoms with Crippen molar-refractivity contribution < 1.29 is 27.9 Å². The van der Waals surface area contributed by atoms with Crippen LogP contribution >= 0.6 is 0 Å². The van der Waals surface area contributed by atoms with Crippen LogP contribution < -0.4 is 15.0 Å². The Morgan fingerprint density at radius 2 is 1.81 bits per heavy atom. The molecule has 1 amide bonds. The van der Waals surface area contributed by atoms with Crippen LogP contribution in [0.1, 0.15) is 36.9 Å². The molecular weight excluding hydrogens is 482 g/mol. The number of nitrogens with zero attached hydrogens (tertiary/aromatic N) is 2. The monoisotopic (exact) mass is 513 g/mol. The Kier molecular flexibility index (Phi) is 10.2. The third-order valence-corrected chi connectivity index (χ3v) is 7.81. The number of methoxy groups -OCH3 is 1. The van der Waals surface area contributed by atoms with Gasteiger partial charge in [0.05, 0.1) is 25.2 Å². The average molecular weight is 514 g/mol. The number of benzene rings is 1. The van der Waals surface area contributed by atoms with Crippen LogP contribution in [0.5, 0.6) is 11.5 Å². The van der Waals surface area contributed by atoms with Gasteiger partial charge in [-0.25, -0.2) is 18.9 Å². The zero-order valence-electron chi connectivity index (χ0n) is 20.2. The van der Waals surface area contributed by atoms with E-state index in [-0.39, 0.29) is 30.2 Å². The first-order chi connectivity index (χ1) is 17.4. The minimum absolute atomic E-state index is 0.213. The minimum atomic E-state index is -4.01. The molecule has 0 saturated heterocycles. The highest BCUT2D eigenvalue weighted by atomic mass is 32.2. The van der Waals surface area contributed by atoms with Gasteiger partial charge in [-0.15, -0.1) is 0 Å². The Labute approximate surface area is 211 Å². The van der Waals surface area contributed by atoms with E-state index in [0.717, 1.165) is 24.1 Å². The molecule has 0 bridgehead atoms. The van der Waals surface area contributed by atoms with Crippen molar-refractivity contribution in [2.45, 2.75) is 48.8 Å². The van der Waals surface area contributed by atoms with Gasteiger partial charge in [0.2, 0.25) is 5.91 Å². The van der Waals surface area contributed by atoms with Gasteiger partial charge in [0.25, 0.3) is 0 Å². The molecule has 3 aromatic rings.